The first-order valence-corrected chi connectivity index (χ1v) is 9.15. The van der Waals surface area contributed by atoms with Crippen LogP contribution in [-0.4, -0.2) is 41.6 Å². The number of rotatable bonds is 3. The molecular weight excluding hydrogens is 355 g/mol. The molecule has 0 saturated carbocycles. The molecule has 3 aromatic rings. The average molecular weight is 376 g/mol. The highest BCUT2D eigenvalue weighted by Gasteiger charge is 2.27. The van der Waals surface area contributed by atoms with E-state index in [4.69, 9.17) is 5.73 Å². The van der Waals surface area contributed by atoms with Gasteiger partial charge in [-0.15, -0.1) is 0 Å². The van der Waals surface area contributed by atoms with E-state index in [-0.39, 0.29) is 18.0 Å². The molecule has 3 N–H and O–H groups in total. The quantitative estimate of drug-likeness (QED) is 0.687. The molecule has 1 aliphatic heterocycles. The third-order valence-electron chi connectivity index (χ3n) is 5.12. The van der Waals surface area contributed by atoms with Gasteiger partial charge < -0.3 is 15.6 Å². The second-order valence-corrected chi connectivity index (χ2v) is 6.78. The summed E-state index contributed by atoms with van der Waals surface area (Å²) in [6.07, 6.45) is 2.27. The van der Waals surface area contributed by atoms with Crippen LogP contribution in [0.4, 0.5) is 4.39 Å². The summed E-state index contributed by atoms with van der Waals surface area (Å²) in [6, 6.07) is 14.5. The number of nitrogens with zero attached hydrogens (tertiary/aromatic N) is 2. The number of fused-ring (bicyclic) bond motifs is 1. The smallest absolute Gasteiger partial charge is 0.257 e. The average Bonchev–Trinajstić information content (AvgIpc) is 3.18. The van der Waals surface area contributed by atoms with Gasteiger partial charge >= 0.3 is 0 Å². The van der Waals surface area contributed by atoms with Gasteiger partial charge in [0.2, 0.25) is 0 Å². The van der Waals surface area contributed by atoms with Crippen LogP contribution < -0.4 is 5.73 Å². The lowest BCUT2D eigenvalue weighted by atomic mass is 9.94. The van der Waals surface area contributed by atoms with Crippen LogP contribution in [0.1, 0.15) is 22.3 Å². The fourth-order valence-electron chi connectivity index (χ4n) is 3.75. The van der Waals surface area contributed by atoms with Gasteiger partial charge in [-0.1, -0.05) is 30.3 Å². The lowest BCUT2D eigenvalue weighted by Crippen LogP contribution is -2.40. The van der Waals surface area contributed by atoms with Crippen molar-refractivity contribution in [2.45, 2.75) is 6.42 Å². The van der Waals surface area contributed by atoms with Gasteiger partial charge in [-0.3, -0.25) is 9.79 Å². The number of amides is 1. The zero-order valence-corrected chi connectivity index (χ0v) is 15.6. The number of hydrogen-bond donors (Lipinski definition) is 2. The maximum atomic E-state index is 14.5. The molecule has 0 fully saturated rings. The van der Waals surface area contributed by atoms with E-state index < -0.39 is 5.82 Å². The van der Waals surface area contributed by atoms with Crippen molar-refractivity contribution < 1.29 is 9.18 Å². The Morgan fingerprint density at radius 3 is 2.68 bits per heavy atom. The number of aromatic amines is 1. The molecule has 0 radical (unpaired) electrons. The molecule has 28 heavy (non-hydrogen) atoms. The number of benzene rings is 2. The van der Waals surface area contributed by atoms with Crippen LogP contribution >= 0.6 is 0 Å². The molecular formula is C22H21FN4O. The minimum atomic E-state index is -0.523. The number of hydrogen-bond acceptors (Lipinski definition) is 3. The summed E-state index contributed by atoms with van der Waals surface area (Å²) in [5.41, 5.74) is 10.5. The number of H-pyrrole nitrogens is 1. The van der Waals surface area contributed by atoms with Crippen molar-refractivity contribution in [3.8, 4) is 0 Å². The molecule has 1 aliphatic rings. The Labute approximate surface area is 162 Å². The topological polar surface area (TPSA) is 74.5 Å². The number of aliphatic imine (C=N–C) groups is 1. The van der Waals surface area contributed by atoms with Crippen molar-refractivity contribution in [1.82, 2.24) is 9.88 Å². The number of carbonyl (C=O) groups excluding carboxylic acids is 1. The first kappa shape index (κ1) is 18.0. The highest BCUT2D eigenvalue weighted by Crippen LogP contribution is 2.26. The first-order chi connectivity index (χ1) is 13.6. The van der Waals surface area contributed by atoms with E-state index in [1.54, 1.807) is 30.3 Å². The molecule has 142 valence electrons. The third-order valence-corrected chi connectivity index (χ3v) is 5.12. The van der Waals surface area contributed by atoms with Gasteiger partial charge in [-0.05, 0) is 30.2 Å². The van der Waals surface area contributed by atoms with E-state index >= 15 is 0 Å². The van der Waals surface area contributed by atoms with Crippen LogP contribution in [0.3, 0.4) is 0 Å². The summed E-state index contributed by atoms with van der Waals surface area (Å²) in [5.74, 6) is -0.870. The Morgan fingerprint density at radius 1 is 1.18 bits per heavy atom. The second kappa shape index (κ2) is 7.31. The van der Waals surface area contributed by atoms with E-state index in [9.17, 15) is 9.18 Å². The van der Waals surface area contributed by atoms with Crippen LogP contribution in [0.15, 0.2) is 71.0 Å². The maximum absolute atomic E-state index is 14.5. The standard InChI is InChI=1S/C22H21FN4O/c1-25-21(14-5-3-2-4-6-14)15-10-12-27(13-18(15)24)22(28)20-16-9-11-26-19(16)8-7-17(20)23/h2-9,11,26H,10,12-13,24H2,1H3. The molecule has 2 heterocycles. The van der Waals surface area contributed by atoms with Gasteiger partial charge in [0.05, 0.1) is 17.8 Å². The van der Waals surface area contributed by atoms with Crippen molar-refractivity contribution in [1.29, 1.82) is 0 Å². The summed E-state index contributed by atoms with van der Waals surface area (Å²) in [5, 5.41) is 0.582. The van der Waals surface area contributed by atoms with Crippen LogP contribution in [0.2, 0.25) is 0 Å². The van der Waals surface area contributed by atoms with E-state index in [0.29, 0.717) is 24.0 Å². The summed E-state index contributed by atoms with van der Waals surface area (Å²) >= 11 is 0. The van der Waals surface area contributed by atoms with Crippen LogP contribution in [0, 0.1) is 5.82 Å². The molecule has 1 amide bonds. The van der Waals surface area contributed by atoms with Crippen molar-refractivity contribution >= 4 is 22.5 Å². The monoisotopic (exact) mass is 376 g/mol. The Morgan fingerprint density at radius 2 is 1.96 bits per heavy atom. The van der Waals surface area contributed by atoms with E-state index in [1.807, 2.05) is 30.3 Å². The normalized spacial score (nSPS) is 15.4. The van der Waals surface area contributed by atoms with Crippen molar-refractivity contribution in [2.24, 2.45) is 10.7 Å². The predicted molar refractivity (Wildman–Crippen MR) is 109 cm³/mol. The molecule has 5 nitrogen and oxygen atoms in total. The van der Waals surface area contributed by atoms with E-state index in [1.165, 1.54) is 6.07 Å². The molecule has 0 bridgehead atoms. The lowest BCUT2D eigenvalue weighted by molar-refractivity contribution is 0.0761. The summed E-state index contributed by atoms with van der Waals surface area (Å²) in [6.45, 7) is 0.710. The van der Waals surface area contributed by atoms with Crippen molar-refractivity contribution in [3.05, 3.63) is 82.9 Å². The van der Waals surface area contributed by atoms with E-state index in [2.05, 4.69) is 9.98 Å². The van der Waals surface area contributed by atoms with Crippen LogP contribution in [0.25, 0.3) is 10.9 Å². The van der Waals surface area contributed by atoms with Crippen molar-refractivity contribution in [3.63, 3.8) is 0 Å². The predicted octanol–water partition coefficient (Wildman–Crippen LogP) is 3.48. The lowest BCUT2D eigenvalue weighted by Gasteiger charge is -2.30. The minimum absolute atomic E-state index is 0.0856. The third kappa shape index (κ3) is 3.07. The SMILES string of the molecule is CN=C(C1=C(N)CN(C(=O)c2c(F)ccc3[nH]ccc23)CC1)c1ccccc1. The fraction of sp³-hybridized carbons (Fsp3) is 0.182. The highest BCUT2D eigenvalue weighted by atomic mass is 19.1. The molecule has 0 unspecified atom stereocenters. The summed E-state index contributed by atoms with van der Waals surface area (Å²) in [4.78, 5) is 22.1. The van der Waals surface area contributed by atoms with Crippen LogP contribution in [0.5, 0.6) is 0 Å². The molecule has 6 heteroatoms. The maximum Gasteiger partial charge on any atom is 0.257 e. The molecule has 0 aliphatic carbocycles. The Balaban J connectivity index is 1.64. The largest absolute Gasteiger partial charge is 0.400 e. The Kier molecular flexibility index (Phi) is 4.69. The molecule has 0 atom stereocenters. The molecule has 0 saturated heterocycles. The van der Waals surface area contributed by atoms with Gasteiger partial charge in [0.15, 0.2) is 0 Å². The van der Waals surface area contributed by atoms with Gasteiger partial charge in [-0.25, -0.2) is 4.39 Å². The number of nitrogens with one attached hydrogen (secondary N) is 1. The first-order valence-electron chi connectivity index (χ1n) is 9.15. The fourth-order valence-corrected chi connectivity index (χ4v) is 3.75. The van der Waals surface area contributed by atoms with Gasteiger partial charge in [-0.2, -0.15) is 0 Å². The highest BCUT2D eigenvalue weighted by molar-refractivity contribution is 6.13. The number of carbonyl (C=O) groups is 1. The summed E-state index contributed by atoms with van der Waals surface area (Å²) in [7, 11) is 1.74. The van der Waals surface area contributed by atoms with Crippen molar-refractivity contribution in [2.75, 3.05) is 20.1 Å². The second-order valence-electron chi connectivity index (χ2n) is 6.78. The Hall–Kier alpha value is -3.41. The molecule has 2 aromatic carbocycles. The number of aromatic nitrogens is 1. The molecule has 0 spiro atoms. The van der Waals surface area contributed by atoms with Gasteiger partial charge in [0.25, 0.3) is 5.91 Å². The van der Waals surface area contributed by atoms with Gasteiger partial charge in [0.1, 0.15) is 5.82 Å². The van der Waals surface area contributed by atoms with E-state index in [0.717, 1.165) is 22.4 Å². The zero-order chi connectivity index (χ0) is 19.7. The Bertz CT molecular complexity index is 1100. The molecule has 1 aromatic heterocycles. The van der Waals surface area contributed by atoms with Crippen LogP contribution in [-0.2, 0) is 0 Å². The summed E-state index contributed by atoms with van der Waals surface area (Å²) < 4.78 is 14.5. The minimum Gasteiger partial charge on any atom is -0.400 e. The molecule has 4 rings (SSSR count). The number of nitrogens with two attached hydrogens (primary N) is 1. The zero-order valence-electron chi connectivity index (χ0n) is 15.6. The number of halogens is 1. The van der Waals surface area contributed by atoms with Gasteiger partial charge in [0, 0.05) is 42.0 Å².